The van der Waals surface area contributed by atoms with Gasteiger partial charge in [-0.05, 0) is 25.0 Å². The number of carbonyl (C=O) groups is 1. The Morgan fingerprint density at radius 3 is 2.47 bits per heavy atom. The van der Waals surface area contributed by atoms with Crippen molar-refractivity contribution in [1.29, 1.82) is 0 Å². The molecule has 0 amide bonds. The first-order valence-electron chi connectivity index (χ1n) is 6.22. The van der Waals surface area contributed by atoms with Gasteiger partial charge < -0.3 is 4.74 Å². The monoisotopic (exact) mass is 250 g/mol. The summed E-state index contributed by atoms with van der Waals surface area (Å²) in [5.41, 5.74) is 0.709. The fourth-order valence-corrected chi connectivity index (χ4v) is 3.80. The van der Waals surface area contributed by atoms with Crippen LogP contribution in [0.3, 0.4) is 0 Å². The van der Waals surface area contributed by atoms with Crippen molar-refractivity contribution in [1.82, 2.24) is 0 Å². The van der Waals surface area contributed by atoms with Crippen LogP contribution in [0.5, 0.6) is 0 Å². The van der Waals surface area contributed by atoms with E-state index in [1.54, 1.807) is 11.8 Å². The number of benzene rings is 1. The van der Waals surface area contributed by atoms with Crippen molar-refractivity contribution in [3.8, 4) is 0 Å². The number of cyclic esters (lactones) is 1. The second kappa shape index (κ2) is 5.13. The second-order valence-corrected chi connectivity index (χ2v) is 5.79. The maximum Gasteiger partial charge on any atom is 0.340 e. The van der Waals surface area contributed by atoms with Crippen LogP contribution in [0, 0.1) is 0 Å². The molecule has 1 aromatic carbocycles. The summed E-state index contributed by atoms with van der Waals surface area (Å²) in [5, 5.41) is 0. The summed E-state index contributed by atoms with van der Waals surface area (Å²) < 4.78 is 5.71. The minimum absolute atomic E-state index is 0.166. The van der Waals surface area contributed by atoms with Crippen LogP contribution < -0.4 is 0 Å². The Hall–Kier alpha value is -0.960. The van der Waals surface area contributed by atoms with Crippen LogP contribution in [0.2, 0.25) is 0 Å². The Morgan fingerprint density at radius 1 is 1.18 bits per heavy atom. The number of carbonyl (C=O) groups excluding carboxylic acids is 1. The predicted octanol–water partition coefficient (Wildman–Crippen LogP) is 4.25. The molecule has 1 aromatic rings. The van der Waals surface area contributed by atoms with E-state index < -0.39 is 0 Å². The molecule has 0 spiro atoms. The molecule has 0 bridgehead atoms. The minimum Gasteiger partial charge on any atom is -0.444 e. The van der Waals surface area contributed by atoms with E-state index in [0.717, 1.165) is 30.6 Å². The van der Waals surface area contributed by atoms with Gasteiger partial charge in [-0.3, -0.25) is 0 Å². The molecular formula is C14H18O2S. The summed E-state index contributed by atoms with van der Waals surface area (Å²) in [6.45, 7) is 4.26. The first kappa shape index (κ1) is 12.5. The SMILES string of the molecule is CCCC1(CCC)OC(=O)c2ccccc2S1. The Bertz CT molecular complexity index is 408. The number of hydrogen-bond donors (Lipinski definition) is 0. The van der Waals surface area contributed by atoms with Crippen LogP contribution in [0.25, 0.3) is 0 Å². The van der Waals surface area contributed by atoms with Crippen molar-refractivity contribution in [2.75, 3.05) is 0 Å². The van der Waals surface area contributed by atoms with Crippen molar-refractivity contribution < 1.29 is 9.53 Å². The molecule has 0 N–H and O–H groups in total. The van der Waals surface area contributed by atoms with Crippen molar-refractivity contribution in [2.45, 2.75) is 49.4 Å². The van der Waals surface area contributed by atoms with Crippen LogP contribution in [0.1, 0.15) is 49.9 Å². The molecule has 92 valence electrons. The summed E-state index contributed by atoms with van der Waals surface area (Å²) in [7, 11) is 0. The number of rotatable bonds is 4. The van der Waals surface area contributed by atoms with Gasteiger partial charge in [0.25, 0.3) is 0 Å². The Morgan fingerprint density at radius 2 is 1.82 bits per heavy atom. The maximum atomic E-state index is 12.0. The predicted molar refractivity (Wildman–Crippen MR) is 70.3 cm³/mol. The standard InChI is InChI=1S/C14H18O2S/c1-3-9-14(10-4-2)16-13(15)11-7-5-6-8-12(11)17-14/h5-8H,3-4,9-10H2,1-2H3. The third-order valence-electron chi connectivity index (χ3n) is 2.94. The lowest BCUT2D eigenvalue weighted by Gasteiger charge is -2.36. The third-order valence-corrected chi connectivity index (χ3v) is 4.38. The van der Waals surface area contributed by atoms with Gasteiger partial charge in [0.15, 0.2) is 4.93 Å². The number of ether oxygens (including phenoxy) is 1. The van der Waals surface area contributed by atoms with Crippen LogP contribution in [0.15, 0.2) is 29.2 Å². The van der Waals surface area contributed by atoms with Gasteiger partial charge in [-0.25, -0.2) is 4.79 Å². The van der Waals surface area contributed by atoms with Crippen molar-refractivity contribution >= 4 is 17.7 Å². The first-order chi connectivity index (χ1) is 8.21. The van der Waals surface area contributed by atoms with Crippen LogP contribution in [-0.4, -0.2) is 10.9 Å². The normalized spacial score (nSPS) is 17.4. The summed E-state index contributed by atoms with van der Waals surface area (Å²) in [6, 6.07) is 7.72. The highest BCUT2D eigenvalue weighted by Gasteiger charge is 2.39. The molecular weight excluding hydrogens is 232 g/mol. The van der Waals surface area contributed by atoms with E-state index in [-0.39, 0.29) is 10.9 Å². The topological polar surface area (TPSA) is 26.3 Å². The van der Waals surface area contributed by atoms with E-state index >= 15 is 0 Å². The van der Waals surface area contributed by atoms with Gasteiger partial charge >= 0.3 is 5.97 Å². The van der Waals surface area contributed by atoms with Gasteiger partial charge in [0, 0.05) is 4.90 Å². The minimum atomic E-state index is -0.338. The van der Waals surface area contributed by atoms with Gasteiger partial charge in [-0.1, -0.05) is 50.6 Å². The molecule has 0 aliphatic carbocycles. The van der Waals surface area contributed by atoms with Crippen molar-refractivity contribution in [3.05, 3.63) is 29.8 Å². The zero-order chi connectivity index (χ0) is 12.3. The lowest BCUT2D eigenvalue weighted by Crippen LogP contribution is -2.35. The first-order valence-corrected chi connectivity index (χ1v) is 7.04. The van der Waals surface area contributed by atoms with Gasteiger partial charge in [0.1, 0.15) is 0 Å². The maximum absolute atomic E-state index is 12.0. The quantitative estimate of drug-likeness (QED) is 0.747. The van der Waals surface area contributed by atoms with E-state index in [1.165, 1.54) is 0 Å². The second-order valence-electron chi connectivity index (χ2n) is 4.40. The number of hydrogen-bond acceptors (Lipinski definition) is 3. The number of esters is 1. The lowest BCUT2D eigenvalue weighted by atomic mass is 10.1. The van der Waals surface area contributed by atoms with Crippen LogP contribution in [0.4, 0.5) is 0 Å². The molecule has 2 nitrogen and oxygen atoms in total. The van der Waals surface area contributed by atoms with Gasteiger partial charge in [-0.2, -0.15) is 0 Å². The molecule has 0 radical (unpaired) electrons. The highest BCUT2D eigenvalue weighted by molar-refractivity contribution is 8.00. The Kier molecular flexibility index (Phi) is 3.77. The largest absolute Gasteiger partial charge is 0.444 e. The van der Waals surface area contributed by atoms with Crippen LogP contribution >= 0.6 is 11.8 Å². The molecule has 0 fully saturated rings. The van der Waals surface area contributed by atoms with Crippen LogP contribution in [-0.2, 0) is 4.74 Å². The van der Waals surface area contributed by atoms with Gasteiger partial charge in [0.2, 0.25) is 0 Å². The molecule has 0 saturated carbocycles. The lowest BCUT2D eigenvalue weighted by molar-refractivity contribution is 0.0116. The fraction of sp³-hybridized carbons (Fsp3) is 0.500. The summed E-state index contributed by atoms with van der Waals surface area (Å²) in [4.78, 5) is 12.7. The average Bonchev–Trinajstić information content (AvgIpc) is 2.29. The summed E-state index contributed by atoms with van der Waals surface area (Å²) >= 11 is 1.71. The van der Waals surface area contributed by atoms with E-state index in [9.17, 15) is 4.79 Å². The highest BCUT2D eigenvalue weighted by Crippen LogP contribution is 2.46. The van der Waals surface area contributed by atoms with E-state index in [1.807, 2.05) is 24.3 Å². The number of fused-ring (bicyclic) bond motifs is 1. The molecule has 0 saturated heterocycles. The zero-order valence-corrected chi connectivity index (χ0v) is 11.2. The molecule has 0 unspecified atom stereocenters. The third kappa shape index (κ3) is 2.49. The Balaban J connectivity index is 2.33. The molecule has 3 heteroatoms. The zero-order valence-electron chi connectivity index (χ0n) is 10.4. The number of thioether (sulfide) groups is 1. The van der Waals surface area contributed by atoms with Gasteiger partial charge in [-0.15, -0.1) is 0 Å². The Labute approximate surface area is 107 Å². The highest BCUT2D eigenvalue weighted by atomic mass is 32.2. The smallest absolute Gasteiger partial charge is 0.340 e. The van der Waals surface area contributed by atoms with E-state index in [2.05, 4.69) is 13.8 Å². The van der Waals surface area contributed by atoms with Gasteiger partial charge in [0.05, 0.1) is 5.56 Å². The molecule has 2 rings (SSSR count). The summed E-state index contributed by atoms with van der Waals surface area (Å²) in [5.74, 6) is -0.166. The molecule has 1 aliphatic rings. The fourth-order valence-electron chi connectivity index (χ4n) is 2.26. The summed E-state index contributed by atoms with van der Waals surface area (Å²) in [6.07, 6.45) is 3.90. The van der Waals surface area contributed by atoms with E-state index in [0.29, 0.717) is 5.56 Å². The molecule has 0 aromatic heterocycles. The average molecular weight is 250 g/mol. The molecule has 0 atom stereocenters. The molecule has 1 heterocycles. The van der Waals surface area contributed by atoms with Crippen molar-refractivity contribution in [2.24, 2.45) is 0 Å². The van der Waals surface area contributed by atoms with E-state index in [4.69, 9.17) is 4.74 Å². The van der Waals surface area contributed by atoms with Crippen molar-refractivity contribution in [3.63, 3.8) is 0 Å². The molecule has 17 heavy (non-hydrogen) atoms. The molecule has 1 aliphatic heterocycles.